The number of para-hydroxylation sites is 1. The van der Waals surface area contributed by atoms with Gasteiger partial charge in [-0.05, 0) is 39.1 Å². The molecule has 0 saturated carbocycles. The van der Waals surface area contributed by atoms with Gasteiger partial charge < -0.3 is 9.80 Å². The van der Waals surface area contributed by atoms with E-state index < -0.39 is 0 Å². The minimum Gasteiger partial charge on any atom is -0.337 e. The van der Waals surface area contributed by atoms with Crippen molar-refractivity contribution in [2.45, 2.75) is 18.9 Å². The number of carbonyl (C=O) groups is 1. The Morgan fingerprint density at radius 3 is 2.63 bits per heavy atom. The van der Waals surface area contributed by atoms with Crippen LogP contribution < -0.4 is 0 Å². The Balaban J connectivity index is 1.46. The van der Waals surface area contributed by atoms with Crippen LogP contribution in [0.15, 0.2) is 48.1 Å². The van der Waals surface area contributed by atoms with Crippen molar-refractivity contribution < 1.29 is 4.79 Å². The Bertz CT molecular complexity index is 909. The van der Waals surface area contributed by atoms with Gasteiger partial charge in [-0.2, -0.15) is 5.10 Å². The van der Waals surface area contributed by atoms with E-state index in [4.69, 9.17) is 0 Å². The summed E-state index contributed by atoms with van der Waals surface area (Å²) >= 11 is 1.49. The lowest BCUT2D eigenvalue weighted by atomic mass is 10.0. The quantitative estimate of drug-likeness (QED) is 0.697. The number of carbonyl (C=O) groups excluding carboxylic acids is 1. The minimum absolute atomic E-state index is 0.0326. The number of aromatic nitrogens is 3. The molecule has 27 heavy (non-hydrogen) atoms. The first-order chi connectivity index (χ1) is 13.1. The molecule has 1 aliphatic heterocycles. The summed E-state index contributed by atoms with van der Waals surface area (Å²) in [5.41, 5.74) is 2.46. The van der Waals surface area contributed by atoms with E-state index in [9.17, 15) is 4.79 Å². The van der Waals surface area contributed by atoms with Gasteiger partial charge in [0.25, 0.3) is 5.91 Å². The van der Waals surface area contributed by atoms with E-state index in [0.29, 0.717) is 11.7 Å². The minimum atomic E-state index is 0.0326. The fourth-order valence-corrected chi connectivity index (χ4v) is 4.18. The lowest BCUT2D eigenvalue weighted by Gasteiger charge is -2.34. The molecule has 0 aliphatic carbocycles. The van der Waals surface area contributed by atoms with Crippen molar-refractivity contribution in [3.8, 4) is 16.3 Å². The zero-order chi connectivity index (χ0) is 18.8. The highest BCUT2D eigenvalue weighted by atomic mass is 32.1. The number of hydrogen-bond acceptors (Lipinski definition) is 5. The molecule has 0 unspecified atom stereocenters. The Hall–Kier alpha value is -2.51. The van der Waals surface area contributed by atoms with Crippen LogP contribution in [0.3, 0.4) is 0 Å². The van der Waals surface area contributed by atoms with Gasteiger partial charge in [0.15, 0.2) is 0 Å². The van der Waals surface area contributed by atoms with Crippen LogP contribution >= 0.6 is 11.3 Å². The molecule has 1 amide bonds. The van der Waals surface area contributed by atoms with Crippen molar-refractivity contribution in [1.82, 2.24) is 24.6 Å². The second kappa shape index (κ2) is 7.62. The highest BCUT2D eigenvalue weighted by Gasteiger charge is 2.26. The van der Waals surface area contributed by atoms with Crippen LogP contribution in [0.4, 0.5) is 0 Å². The van der Waals surface area contributed by atoms with Crippen LogP contribution in [0.2, 0.25) is 0 Å². The van der Waals surface area contributed by atoms with Crippen LogP contribution in [0.5, 0.6) is 0 Å². The number of piperidine rings is 1. The summed E-state index contributed by atoms with van der Waals surface area (Å²) in [5.74, 6) is 0.0326. The molecule has 0 radical (unpaired) electrons. The van der Waals surface area contributed by atoms with Crippen molar-refractivity contribution in [2.24, 2.45) is 0 Å². The molecule has 1 aromatic carbocycles. The number of likely N-dealkylation sites (tertiary alicyclic amines) is 1. The monoisotopic (exact) mass is 381 g/mol. The fourth-order valence-electron chi connectivity index (χ4n) is 3.41. The third kappa shape index (κ3) is 3.79. The normalized spacial score (nSPS) is 15.4. The summed E-state index contributed by atoms with van der Waals surface area (Å²) in [6, 6.07) is 10.5. The van der Waals surface area contributed by atoms with Crippen molar-refractivity contribution in [2.75, 3.05) is 27.2 Å². The predicted octanol–water partition coefficient (Wildman–Crippen LogP) is 3.16. The first kappa shape index (κ1) is 17.9. The molecule has 1 fully saturated rings. The van der Waals surface area contributed by atoms with E-state index >= 15 is 0 Å². The summed E-state index contributed by atoms with van der Waals surface area (Å²) in [7, 11) is 4.20. The second-order valence-corrected chi connectivity index (χ2v) is 7.89. The van der Waals surface area contributed by atoms with Gasteiger partial charge in [0.05, 0.1) is 11.9 Å². The standard InChI is InChI=1S/C20H23N5OS/c1-23(2)16-8-10-24(11-9-16)20(26)18-14-27-19(22-18)15-12-21-25(13-15)17-6-4-3-5-7-17/h3-7,12-14,16H,8-11H2,1-2H3. The Labute approximate surface area is 163 Å². The van der Waals surface area contributed by atoms with Crippen LogP contribution in [-0.4, -0.2) is 63.7 Å². The van der Waals surface area contributed by atoms with E-state index in [2.05, 4.69) is 29.1 Å². The molecule has 6 nitrogen and oxygen atoms in total. The Morgan fingerprint density at radius 1 is 1.19 bits per heavy atom. The first-order valence-corrected chi connectivity index (χ1v) is 10.0. The number of hydrogen-bond donors (Lipinski definition) is 0. The molecule has 0 bridgehead atoms. The molecule has 0 atom stereocenters. The predicted molar refractivity (Wildman–Crippen MR) is 107 cm³/mol. The molecule has 4 rings (SSSR count). The number of benzene rings is 1. The van der Waals surface area contributed by atoms with E-state index in [1.165, 1.54) is 11.3 Å². The first-order valence-electron chi connectivity index (χ1n) is 9.13. The molecule has 140 valence electrons. The topological polar surface area (TPSA) is 54.3 Å². The number of thiazole rings is 1. The van der Waals surface area contributed by atoms with Gasteiger partial charge in [-0.25, -0.2) is 9.67 Å². The van der Waals surface area contributed by atoms with Gasteiger partial charge in [0.1, 0.15) is 10.7 Å². The van der Waals surface area contributed by atoms with Crippen LogP contribution in [0.1, 0.15) is 23.3 Å². The van der Waals surface area contributed by atoms with Gasteiger partial charge in [-0.15, -0.1) is 11.3 Å². The highest BCUT2D eigenvalue weighted by Crippen LogP contribution is 2.25. The molecule has 0 N–H and O–H groups in total. The third-order valence-electron chi connectivity index (χ3n) is 5.06. The molecule has 0 spiro atoms. The summed E-state index contributed by atoms with van der Waals surface area (Å²) in [6.07, 6.45) is 5.77. The largest absolute Gasteiger partial charge is 0.337 e. The van der Waals surface area contributed by atoms with Gasteiger partial charge in [0.2, 0.25) is 0 Å². The van der Waals surface area contributed by atoms with Crippen molar-refractivity contribution in [3.05, 3.63) is 53.8 Å². The maximum absolute atomic E-state index is 12.8. The molecule has 3 heterocycles. The smallest absolute Gasteiger partial charge is 0.273 e. The summed E-state index contributed by atoms with van der Waals surface area (Å²) < 4.78 is 1.82. The summed E-state index contributed by atoms with van der Waals surface area (Å²) in [6.45, 7) is 1.58. The average molecular weight is 382 g/mol. The van der Waals surface area contributed by atoms with Gasteiger partial charge >= 0.3 is 0 Å². The number of rotatable bonds is 4. The zero-order valence-electron chi connectivity index (χ0n) is 15.6. The second-order valence-electron chi connectivity index (χ2n) is 7.03. The van der Waals surface area contributed by atoms with Crippen LogP contribution in [-0.2, 0) is 0 Å². The van der Waals surface area contributed by atoms with Gasteiger partial charge in [-0.3, -0.25) is 4.79 Å². The molecule has 3 aromatic rings. The number of amides is 1. The van der Waals surface area contributed by atoms with E-state index in [1.54, 1.807) is 6.20 Å². The zero-order valence-corrected chi connectivity index (χ0v) is 16.4. The van der Waals surface area contributed by atoms with E-state index in [-0.39, 0.29) is 5.91 Å². The van der Waals surface area contributed by atoms with E-state index in [1.807, 2.05) is 51.5 Å². The van der Waals surface area contributed by atoms with Crippen molar-refractivity contribution in [3.63, 3.8) is 0 Å². The Kier molecular flexibility index (Phi) is 5.05. The highest BCUT2D eigenvalue weighted by molar-refractivity contribution is 7.13. The lowest BCUT2D eigenvalue weighted by Crippen LogP contribution is -2.44. The maximum atomic E-state index is 12.8. The maximum Gasteiger partial charge on any atom is 0.273 e. The molecule has 1 aliphatic rings. The molecule has 1 saturated heterocycles. The molecular weight excluding hydrogens is 358 g/mol. The summed E-state index contributed by atoms with van der Waals surface area (Å²) in [5, 5.41) is 7.09. The molecular formula is C20H23N5OS. The third-order valence-corrected chi connectivity index (χ3v) is 5.95. The average Bonchev–Trinajstić information content (AvgIpc) is 3.38. The van der Waals surface area contributed by atoms with Crippen LogP contribution in [0.25, 0.3) is 16.3 Å². The molecule has 2 aromatic heterocycles. The number of nitrogens with zero attached hydrogens (tertiary/aromatic N) is 5. The van der Waals surface area contributed by atoms with E-state index in [0.717, 1.165) is 42.2 Å². The SMILES string of the molecule is CN(C)C1CCN(C(=O)c2csc(-c3cnn(-c4ccccc4)c3)n2)CC1. The lowest BCUT2D eigenvalue weighted by molar-refractivity contribution is 0.0658. The summed E-state index contributed by atoms with van der Waals surface area (Å²) in [4.78, 5) is 21.5. The Morgan fingerprint density at radius 2 is 1.93 bits per heavy atom. The van der Waals surface area contributed by atoms with Gasteiger partial charge in [0, 0.05) is 36.3 Å². The van der Waals surface area contributed by atoms with Crippen molar-refractivity contribution in [1.29, 1.82) is 0 Å². The van der Waals surface area contributed by atoms with Crippen LogP contribution in [0, 0.1) is 0 Å². The van der Waals surface area contributed by atoms with Gasteiger partial charge in [-0.1, -0.05) is 18.2 Å². The molecule has 7 heteroatoms. The fraction of sp³-hybridized carbons (Fsp3) is 0.350. The van der Waals surface area contributed by atoms with Crippen molar-refractivity contribution >= 4 is 17.2 Å².